The van der Waals surface area contributed by atoms with Gasteiger partial charge in [0.25, 0.3) is 15.9 Å². The summed E-state index contributed by atoms with van der Waals surface area (Å²) < 4.78 is 39.2. The number of sulfonamides is 1. The first-order chi connectivity index (χ1) is 13.4. The molecule has 2 rings (SSSR count). The zero-order chi connectivity index (χ0) is 20.6. The summed E-state index contributed by atoms with van der Waals surface area (Å²) in [4.78, 5) is 12.3. The zero-order valence-corrected chi connectivity index (χ0v) is 17.1. The smallest absolute Gasteiger partial charge is 0.262 e. The molecule has 28 heavy (non-hydrogen) atoms. The summed E-state index contributed by atoms with van der Waals surface area (Å²) in [5, 5.41) is 2.75. The van der Waals surface area contributed by atoms with Crippen molar-refractivity contribution in [3.05, 3.63) is 48.0 Å². The highest BCUT2D eigenvalue weighted by Crippen LogP contribution is 2.31. The van der Waals surface area contributed by atoms with Crippen LogP contribution in [0.2, 0.25) is 0 Å². The largest absolute Gasteiger partial charge is 0.490 e. The number of anilines is 1. The second kappa shape index (κ2) is 9.98. The molecule has 0 fully saturated rings. The molecule has 0 aliphatic heterocycles. The summed E-state index contributed by atoms with van der Waals surface area (Å²) >= 11 is 0. The van der Waals surface area contributed by atoms with Gasteiger partial charge in [0.05, 0.1) is 29.4 Å². The van der Waals surface area contributed by atoms with Gasteiger partial charge in [0, 0.05) is 12.6 Å². The second-order valence-electron chi connectivity index (χ2n) is 5.88. The normalized spacial score (nSPS) is 11.0. The average molecular weight is 407 g/mol. The Morgan fingerprint density at radius 2 is 1.64 bits per heavy atom. The van der Waals surface area contributed by atoms with E-state index in [1.54, 1.807) is 37.3 Å². The van der Waals surface area contributed by atoms with E-state index in [1.807, 2.05) is 13.8 Å². The first kappa shape index (κ1) is 21.6. The number of para-hydroxylation sites is 1. The molecule has 1 amide bonds. The van der Waals surface area contributed by atoms with Crippen LogP contribution in [-0.4, -0.2) is 34.1 Å². The predicted octanol–water partition coefficient (Wildman–Crippen LogP) is 3.42. The number of hydrogen-bond acceptors (Lipinski definition) is 5. The minimum absolute atomic E-state index is 0.0168. The average Bonchev–Trinajstić information content (AvgIpc) is 2.68. The SMILES string of the molecule is CCCNC(=O)c1ccccc1NS(=O)(=O)c1ccc(OCC)c(OCC)c1. The van der Waals surface area contributed by atoms with Crippen molar-refractivity contribution in [3.8, 4) is 11.5 Å². The fourth-order valence-electron chi connectivity index (χ4n) is 2.51. The van der Waals surface area contributed by atoms with Crippen molar-refractivity contribution in [3.63, 3.8) is 0 Å². The molecule has 0 unspecified atom stereocenters. The number of benzene rings is 2. The van der Waals surface area contributed by atoms with Crippen LogP contribution in [0.25, 0.3) is 0 Å². The van der Waals surface area contributed by atoms with Crippen LogP contribution in [0.15, 0.2) is 47.4 Å². The van der Waals surface area contributed by atoms with Gasteiger partial charge in [0.1, 0.15) is 0 Å². The standard InChI is InChI=1S/C20H26N2O5S/c1-4-13-21-20(23)16-9-7-8-10-17(16)22-28(24,25)15-11-12-18(26-5-2)19(14-15)27-6-3/h7-12,14,22H,4-6,13H2,1-3H3,(H,21,23). The van der Waals surface area contributed by atoms with Gasteiger partial charge >= 0.3 is 0 Å². The van der Waals surface area contributed by atoms with Crippen molar-refractivity contribution >= 4 is 21.6 Å². The minimum atomic E-state index is -3.93. The van der Waals surface area contributed by atoms with Gasteiger partial charge in [-0.2, -0.15) is 0 Å². The van der Waals surface area contributed by atoms with Gasteiger partial charge < -0.3 is 14.8 Å². The molecular formula is C20H26N2O5S. The van der Waals surface area contributed by atoms with E-state index in [0.717, 1.165) is 6.42 Å². The molecule has 0 bridgehead atoms. The van der Waals surface area contributed by atoms with Gasteiger partial charge in [-0.15, -0.1) is 0 Å². The molecule has 8 heteroatoms. The molecule has 0 spiro atoms. The lowest BCUT2D eigenvalue weighted by atomic mass is 10.1. The maximum Gasteiger partial charge on any atom is 0.262 e. The lowest BCUT2D eigenvalue weighted by Gasteiger charge is -2.15. The van der Waals surface area contributed by atoms with Crippen LogP contribution in [0.3, 0.4) is 0 Å². The fourth-order valence-corrected chi connectivity index (χ4v) is 3.60. The molecule has 0 heterocycles. The van der Waals surface area contributed by atoms with Gasteiger partial charge in [-0.3, -0.25) is 9.52 Å². The van der Waals surface area contributed by atoms with E-state index in [-0.39, 0.29) is 22.1 Å². The monoisotopic (exact) mass is 406 g/mol. The Kier molecular flexibility index (Phi) is 7.69. The number of rotatable bonds is 10. The fraction of sp³-hybridized carbons (Fsp3) is 0.350. The van der Waals surface area contributed by atoms with Crippen LogP contribution in [0, 0.1) is 0 Å². The van der Waals surface area contributed by atoms with Crippen molar-refractivity contribution < 1.29 is 22.7 Å². The van der Waals surface area contributed by atoms with Crippen molar-refractivity contribution in [2.24, 2.45) is 0 Å². The van der Waals surface area contributed by atoms with E-state index in [4.69, 9.17) is 9.47 Å². The minimum Gasteiger partial charge on any atom is -0.490 e. The Morgan fingerprint density at radius 3 is 2.32 bits per heavy atom. The van der Waals surface area contributed by atoms with Gasteiger partial charge in [-0.25, -0.2) is 8.42 Å². The Bertz CT molecular complexity index is 913. The number of ether oxygens (including phenoxy) is 2. The Hall–Kier alpha value is -2.74. The summed E-state index contributed by atoms with van der Waals surface area (Å²) in [5.74, 6) is 0.491. The number of hydrogen-bond donors (Lipinski definition) is 2. The highest BCUT2D eigenvalue weighted by molar-refractivity contribution is 7.92. The van der Waals surface area contributed by atoms with Crippen LogP contribution >= 0.6 is 0 Å². The van der Waals surface area contributed by atoms with Gasteiger partial charge in [-0.05, 0) is 44.5 Å². The van der Waals surface area contributed by atoms with Gasteiger partial charge in [-0.1, -0.05) is 19.1 Å². The molecule has 0 aliphatic rings. The summed E-state index contributed by atoms with van der Waals surface area (Å²) in [7, 11) is -3.93. The maximum absolute atomic E-state index is 12.9. The zero-order valence-electron chi connectivity index (χ0n) is 16.3. The number of nitrogens with one attached hydrogen (secondary N) is 2. The first-order valence-electron chi connectivity index (χ1n) is 9.22. The molecule has 2 aromatic rings. The Balaban J connectivity index is 2.34. The quantitative estimate of drug-likeness (QED) is 0.630. The Labute approximate surface area is 166 Å². The lowest BCUT2D eigenvalue weighted by molar-refractivity contribution is 0.0954. The van der Waals surface area contributed by atoms with Crippen molar-refractivity contribution in [1.82, 2.24) is 5.32 Å². The maximum atomic E-state index is 12.9. The molecular weight excluding hydrogens is 380 g/mol. The summed E-state index contributed by atoms with van der Waals surface area (Å²) in [6, 6.07) is 10.9. The lowest BCUT2D eigenvalue weighted by Crippen LogP contribution is -2.25. The summed E-state index contributed by atoms with van der Waals surface area (Å²) in [5.41, 5.74) is 0.471. The molecule has 0 atom stereocenters. The molecule has 152 valence electrons. The van der Waals surface area contributed by atoms with Crippen LogP contribution in [-0.2, 0) is 10.0 Å². The molecule has 0 aromatic heterocycles. The van der Waals surface area contributed by atoms with E-state index >= 15 is 0 Å². The van der Waals surface area contributed by atoms with Crippen LogP contribution < -0.4 is 19.5 Å². The summed E-state index contributed by atoms with van der Waals surface area (Å²) in [6.45, 7) is 6.90. The van der Waals surface area contributed by atoms with Crippen molar-refractivity contribution in [2.75, 3.05) is 24.5 Å². The van der Waals surface area contributed by atoms with E-state index in [0.29, 0.717) is 31.3 Å². The molecule has 0 saturated heterocycles. The first-order valence-corrected chi connectivity index (χ1v) is 10.7. The highest BCUT2D eigenvalue weighted by atomic mass is 32.2. The van der Waals surface area contributed by atoms with Crippen LogP contribution in [0.5, 0.6) is 11.5 Å². The third kappa shape index (κ3) is 5.39. The molecule has 0 aliphatic carbocycles. The van der Waals surface area contributed by atoms with Crippen LogP contribution in [0.1, 0.15) is 37.6 Å². The second-order valence-corrected chi connectivity index (χ2v) is 7.56. The number of carbonyl (C=O) groups excluding carboxylic acids is 1. The molecule has 2 aromatic carbocycles. The number of carbonyl (C=O) groups is 1. The topological polar surface area (TPSA) is 93.7 Å². The van der Waals surface area contributed by atoms with E-state index in [1.165, 1.54) is 12.1 Å². The van der Waals surface area contributed by atoms with E-state index in [9.17, 15) is 13.2 Å². The number of amides is 1. The Morgan fingerprint density at radius 1 is 0.964 bits per heavy atom. The molecule has 7 nitrogen and oxygen atoms in total. The third-order valence-electron chi connectivity index (χ3n) is 3.78. The van der Waals surface area contributed by atoms with Gasteiger partial charge in [0.15, 0.2) is 11.5 Å². The van der Waals surface area contributed by atoms with Crippen molar-refractivity contribution in [2.45, 2.75) is 32.1 Å². The van der Waals surface area contributed by atoms with Crippen molar-refractivity contribution in [1.29, 1.82) is 0 Å². The molecule has 2 N–H and O–H groups in total. The van der Waals surface area contributed by atoms with E-state index < -0.39 is 10.0 Å². The molecule has 0 saturated carbocycles. The third-order valence-corrected chi connectivity index (χ3v) is 5.14. The summed E-state index contributed by atoms with van der Waals surface area (Å²) in [6.07, 6.45) is 0.784. The highest BCUT2D eigenvalue weighted by Gasteiger charge is 2.20. The van der Waals surface area contributed by atoms with Crippen LogP contribution in [0.4, 0.5) is 5.69 Å². The molecule has 0 radical (unpaired) electrons. The van der Waals surface area contributed by atoms with Gasteiger partial charge in [0.2, 0.25) is 0 Å². The predicted molar refractivity (Wildman–Crippen MR) is 109 cm³/mol. The van der Waals surface area contributed by atoms with E-state index in [2.05, 4.69) is 10.0 Å².